The summed E-state index contributed by atoms with van der Waals surface area (Å²) in [6.07, 6.45) is 19.9. The summed E-state index contributed by atoms with van der Waals surface area (Å²) in [4.78, 5) is 44.3. The topological polar surface area (TPSA) is 114 Å². The molecule has 0 radical (unpaired) electrons. The summed E-state index contributed by atoms with van der Waals surface area (Å²) in [6.45, 7) is 30.1. The van der Waals surface area contributed by atoms with Gasteiger partial charge in [0.05, 0.1) is 12.7 Å². The smallest absolute Gasteiger partial charge is 0.333 e. The van der Waals surface area contributed by atoms with E-state index in [1.807, 2.05) is 30.3 Å². The van der Waals surface area contributed by atoms with E-state index in [-0.39, 0.29) is 41.5 Å². The number of carbonyl (C=O) groups is 4. The average Bonchev–Trinajstić information content (AvgIpc) is 3.85. The molecule has 326 valence electrons. The molecule has 0 spiro atoms. The molecule has 2 unspecified atom stereocenters. The van der Waals surface area contributed by atoms with Gasteiger partial charge in [-0.25, -0.2) is 19.2 Å². The van der Waals surface area contributed by atoms with Gasteiger partial charge in [-0.15, -0.1) is 0 Å². The Labute approximate surface area is 351 Å². The second kappa shape index (κ2) is 28.4. The van der Waals surface area contributed by atoms with Crippen molar-refractivity contribution < 1.29 is 42.9 Å². The first-order chi connectivity index (χ1) is 27.5. The highest BCUT2D eigenvalue weighted by atomic mass is 16.6. The van der Waals surface area contributed by atoms with Gasteiger partial charge in [0, 0.05) is 34.8 Å². The van der Waals surface area contributed by atoms with Gasteiger partial charge in [-0.1, -0.05) is 142 Å². The number of rotatable bonds is 20. The molecule has 2 bridgehead atoms. The number of carbonyl (C=O) groups excluding carboxylic acids is 4. The molecule has 3 aliphatic rings. The summed E-state index contributed by atoms with van der Waals surface area (Å²) < 4.78 is 25.7. The minimum absolute atomic E-state index is 0.0884. The van der Waals surface area contributed by atoms with Crippen molar-refractivity contribution >= 4 is 23.9 Å². The van der Waals surface area contributed by atoms with E-state index in [2.05, 4.69) is 54.0 Å². The van der Waals surface area contributed by atoms with Crippen LogP contribution in [-0.4, -0.2) is 55.9 Å². The molecule has 3 fully saturated rings. The number of hydrogen-bond donors (Lipinski definition) is 0. The van der Waals surface area contributed by atoms with Crippen molar-refractivity contribution in [2.45, 2.75) is 164 Å². The van der Waals surface area contributed by atoms with Crippen LogP contribution in [0.1, 0.15) is 150 Å². The SMILES string of the molecule is C=C(C)C(=O)OC1C[C@H]2CC[C@@]1(C)C2(C)C.C=C(C)C(=O)OCC1CCCO1.C=C(C)C(=O)OCc1ccccc1.C=CC(=O)OCCCCCCCCCCCC. The molecule has 4 atom stereocenters. The van der Waals surface area contributed by atoms with Crippen molar-refractivity contribution in [1.29, 1.82) is 0 Å². The fourth-order valence-corrected chi connectivity index (χ4v) is 7.27. The maximum absolute atomic E-state index is 11.6. The van der Waals surface area contributed by atoms with E-state index in [0.717, 1.165) is 37.9 Å². The Hall–Kier alpha value is -3.98. The number of hydrogen-bond acceptors (Lipinski definition) is 9. The van der Waals surface area contributed by atoms with Gasteiger partial charge in [0.15, 0.2) is 0 Å². The molecule has 0 N–H and O–H groups in total. The number of benzene rings is 1. The minimum atomic E-state index is -0.344. The first-order valence-electron chi connectivity index (χ1n) is 21.5. The fourth-order valence-electron chi connectivity index (χ4n) is 7.27. The van der Waals surface area contributed by atoms with Gasteiger partial charge < -0.3 is 23.7 Å². The van der Waals surface area contributed by atoms with Gasteiger partial charge in [-0.3, -0.25) is 0 Å². The molecule has 0 aromatic heterocycles. The van der Waals surface area contributed by atoms with Gasteiger partial charge in [0.25, 0.3) is 0 Å². The molecule has 0 amide bonds. The molecule has 58 heavy (non-hydrogen) atoms. The van der Waals surface area contributed by atoms with Crippen molar-refractivity contribution in [3.05, 3.63) is 85.0 Å². The van der Waals surface area contributed by atoms with Crippen LogP contribution < -0.4 is 0 Å². The lowest BCUT2D eigenvalue weighted by Crippen LogP contribution is -2.38. The largest absolute Gasteiger partial charge is 0.463 e. The molecule has 2 aliphatic carbocycles. The minimum Gasteiger partial charge on any atom is -0.463 e. The summed E-state index contributed by atoms with van der Waals surface area (Å²) in [6, 6.07) is 9.55. The number of ether oxygens (including phenoxy) is 5. The van der Waals surface area contributed by atoms with E-state index in [4.69, 9.17) is 23.7 Å². The zero-order valence-electron chi connectivity index (χ0n) is 37.1. The Balaban J connectivity index is 0.000000390. The van der Waals surface area contributed by atoms with Gasteiger partial charge in [-0.2, -0.15) is 0 Å². The predicted molar refractivity (Wildman–Crippen MR) is 233 cm³/mol. The second-order valence-electron chi connectivity index (χ2n) is 16.7. The van der Waals surface area contributed by atoms with Crippen LogP contribution >= 0.6 is 0 Å². The van der Waals surface area contributed by atoms with Crippen LogP contribution in [0.4, 0.5) is 0 Å². The number of esters is 4. The van der Waals surface area contributed by atoms with Crippen molar-refractivity contribution in [1.82, 2.24) is 0 Å². The molecule has 9 nitrogen and oxygen atoms in total. The van der Waals surface area contributed by atoms with Crippen LogP contribution in [0, 0.1) is 16.7 Å². The first kappa shape index (κ1) is 52.0. The van der Waals surface area contributed by atoms with E-state index in [9.17, 15) is 19.2 Å². The van der Waals surface area contributed by atoms with E-state index in [1.54, 1.807) is 20.8 Å². The molecule has 1 saturated heterocycles. The molecule has 1 aromatic rings. The molecular weight excluding hydrogens is 733 g/mol. The summed E-state index contributed by atoms with van der Waals surface area (Å²) in [5, 5.41) is 0. The van der Waals surface area contributed by atoms with E-state index in [1.165, 1.54) is 76.7 Å². The third-order valence-electron chi connectivity index (χ3n) is 11.6. The van der Waals surface area contributed by atoms with E-state index in [0.29, 0.717) is 47.9 Å². The lowest BCUT2D eigenvalue weighted by molar-refractivity contribution is -0.152. The molecule has 9 heteroatoms. The van der Waals surface area contributed by atoms with Gasteiger partial charge in [0.1, 0.15) is 19.3 Å². The highest BCUT2D eigenvalue weighted by Gasteiger charge is 2.62. The molecular formula is C49H76O9. The Bertz CT molecular complexity index is 1440. The standard InChI is InChI=1S/C15H28O2.C14H22O2.C11H12O2.C9H14O3/c1-3-5-6-7-8-9-10-11-12-13-14-17-15(16)4-2;1-9(2)12(15)16-11-8-10-6-7-14(11,5)13(10,3)4;1-9(2)11(12)13-8-10-6-4-3-5-7-10;1-7(2)9(10)12-6-8-4-3-5-11-8/h4H,2-3,5-14H2,1H3;10-11H,1,6-8H2,2-5H3;3-7H,1,8H2,2H3;8H,1,3-6H2,2H3/t;10-,11?,14-;;/m.1../s1. The summed E-state index contributed by atoms with van der Waals surface area (Å²) >= 11 is 0. The Morgan fingerprint density at radius 3 is 1.78 bits per heavy atom. The zero-order chi connectivity index (χ0) is 43.6. The predicted octanol–water partition coefficient (Wildman–Crippen LogP) is 11.5. The van der Waals surface area contributed by atoms with Crippen molar-refractivity contribution in [2.24, 2.45) is 16.7 Å². The van der Waals surface area contributed by atoms with Crippen LogP contribution in [-0.2, 0) is 49.5 Å². The molecule has 1 aliphatic heterocycles. The van der Waals surface area contributed by atoms with Crippen molar-refractivity contribution in [2.75, 3.05) is 19.8 Å². The van der Waals surface area contributed by atoms with Crippen LogP contribution in [0.15, 0.2) is 79.4 Å². The summed E-state index contributed by atoms with van der Waals surface area (Å²) in [5.74, 6) is -0.495. The third-order valence-corrected chi connectivity index (χ3v) is 11.6. The Morgan fingerprint density at radius 1 is 0.759 bits per heavy atom. The first-order valence-corrected chi connectivity index (χ1v) is 21.5. The van der Waals surface area contributed by atoms with Crippen LogP contribution in [0.3, 0.4) is 0 Å². The van der Waals surface area contributed by atoms with Gasteiger partial charge >= 0.3 is 23.9 Å². The molecule has 4 rings (SSSR count). The monoisotopic (exact) mass is 809 g/mol. The van der Waals surface area contributed by atoms with Crippen molar-refractivity contribution in [3.63, 3.8) is 0 Å². The Morgan fingerprint density at radius 2 is 1.31 bits per heavy atom. The summed E-state index contributed by atoms with van der Waals surface area (Å²) in [5.41, 5.74) is 2.81. The second-order valence-corrected chi connectivity index (χ2v) is 16.7. The molecule has 2 saturated carbocycles. The van der Waals surface area contributed by atoms with Crippen LogP contribution in [0.2, 0.25) is 0 Å². The highest BCUT2D eigenvalue weighted by molar-refractivity contribution is 5.87. The summed E-state index contributed by atoms with van der Waals surface area (Å²) in [7, 11) is 0. The Kier molecular flexibility index (Phi) is 25.5. The van der Waals surface area contributed by atoms with Crippen LogP contribution in [0.5, 0.6) is 0 Å². The van der Waals surface area contributed by atoms with Gasteiger partial charge in [-0.05, 0) is 76.2 Å². The molecule has 1 aromatic carbocycles. The van der Waals surface area contributed by atoms with Crippen LogP contribution in [0.25, 0.3) is 0 Å². The maximum Gasteiger partial charge on any atom is 0.333 e. The van der Waals surface area contributed by atoms with Crippen molar-refractivity contribution in [3.8, 4) is 0 Å². The maximum atomic E-state index is 11.6. The van der Waals surface area contributed by atoms with Gasteiger partial charge in [0.2, 0.25) is 0 Å². The fraction of sp³-hybridized carbons (Fsp3) is 0.633. The third kappa shape index (κ3) is 19.6. The van der Waals surface area contributed by atoms with E-state index >= 15 is 0 Å². The lowest BCUT2D eigenvalue weighted by atomic mass is 9.70. The normalized spacial score (nSPS) is 20.6. The lowest BCUT2D eigenvalue weighted by Gasteiger charge is -2.38. The number of fused-ring (bicyclic) bond motifs is 2. The quantitative estimate of drug-likeness (QED) is 0.0549. The molecule has 1 heterocycles. The number of unbranched alkanes of at least 4 members (excludes halogenated alkanes) is 9. The zero-order valence-corrected chi connectivity index (χ0v) is 37.1. The van der Waals surface area contributed by atoms with E-state index < -0.39 is 0 Å². The highest BCUT2D eigenvalue weighted by Crippen LogP contribution is 2.66. The average molecular weight is 809 g/mol.